The first-order valence-corrected chi connectivity index (χ1v) is 5.64. The summed E-state index contributed by atoms with van der Waals surface area (Å²) >= 11 is 11.5. The second-order valence-corrected chi connectivity index (χ2v) is 2.72. The number of benzene rings is 1. The molecule has 0 fully saturated rings. The molecular weight excluding hydrogens is 217 g/mol. The molecule has 3 heteroatoms. The highest BCUT2D eigenvalue weighted by Crippen LogP contribution is 2.22. The maximum absolute atomic E-state index is 5.77. The smallest absolute Gasteiger partial charge is 0.0465 e. The predicted molar refractivity (Wildman–Crippen MR) is 67.0 cm³/mol. The van der Waals surface area contributed by atoms with Crippen LogP contribution in [0.15, 0.2) is 18.2 Å². The number of nitrogens with two attached hydrogens (primary N) is 1. The van der Waals surface area contributed by atoms with E-state index in [1.807, 2.05) is 27.7 Å². The lowest BCUT2D eigenvalue weighted by Gasteiger charge is -2.01. The van der Waals surface area contributed by atoms with Gasteiger partial charge in [0.1, 0.15) is 0 Å². The van der Waals surface area contributed by atoms with Crippen LogP contribution in [0.5, 0.6) is 0 Å². The highest BCUT2D eigenvalue weighted by atomic mass is 35.5. The van der Waals surface area contributed by atoms with Crippen LogP contribution in [0, 0.1) is 0 Å². The van der Waals surface area contributed by atoms with Gasteiger partial charge in [0.2, 0.25) is 0 Å². The molecule has 82 valence electrons. The molecule has 1 rings (SSSR count). The summed E-state index contributed by atoms with van der Waals surface area (Å²) in [6.45, 7) is 8.39. The first kappa shape index (κ1) is 16.2. The molecule has 1 nitrogen and oxygen atoms in total. The van der Waals surface area contributed by atoms with Crippen molar-refractivity contribution < 1.29 is 0 Å². The second-order valence-electron chi connectivity index (χ2n) is 1.90. The first-order chi connectivity index (χ1) is 6.75. The summed E-state index contributed by atoms with van der Waals surface area (Å²) < 4.78 is 0. The van der Waals surface area contributed by atoms with E-state index in [1.54, 1.807) is 18.2 Å². The molecule has 0 heterocycles. The van der Waals surface area contributed by atoms with Crippen molar-refractivity contribution in [2.75, 3.05) is 0 Å². The molecule has 0 saturated carbocycles. The van der Waals surface area contributed by atoms with E-state index in [-0.39, 0.29) is 0 Å². The fraction of sp³-hybridized carbons (Fsp3) is 0.455. The van der Waals surface area contributed by atoms with Gasteiger partial charge in [-0.25, -0.2) is 0 Å². The Morgan fingerprint density at radius 3 is 1.57 bits per heavy atom. The minimum Gasteiger partial charge on any atom is -0.326 e. The standard InChI is InChI=1S/C7H7Cl2N.2C2H6/c8-6-2-1-3-7(9)5(6)4-10;2*1-2/h1-3H,4,10H2;2*1-2H3. The quantitative estimate of drug-likeness (QED) is 0.763. The molecule has 0 unspecified atom stereocenters. The third-order valence-corrected chi connectivity index (χ3v) is 1.97. The maximum Gasteiger partial charge on any atom is 0.0465 e. The zero-order valence-corrected chi connectivity index (χ0v) is 10.8. The molecule has 14 heavy (non-hydrogen) atoms. The Morgan fingerprint density at radius 2 is 1.36 bits per heavy atom. The van der Waals surface area contributed by atoms with Crippen LogP contribution in [0.3, 0.4) is 0 Å². The van der Waals surface area contributed by atoms with Crippen LogP contribution in [0.2, 0.25) is 10.0 Å². The monoisotopic (exact) mass is 235 g/mol. The Balaban J connectivity index is 0. The molecule has 0 amide bonds. The normalized spacial score (nSPS) is 7.93. The Kier molecular flexibility index (Phi) is 12.5. The summed E-state index contributed by atoms with van der Waals surface area (Å²) in [7, 11) is 0. The second kappa shape index (κ2) is 10.8. The summed E-state index contributed by atoms with van der Waals surface area (Å²) in [5.41, 5.74) is 6.19. The minimum absolute atomic E-state index is 0.387. The number of hydrogen-bond acceptors (Lipinski definition) is 1. The third kappa shape index (κ3) is 5.48. The van der Waals surface area contributed by atoms with Gasteiger partial charge < -0.3 is 5.73 Å². The van der Waals surface area contributed by atoms with Crippen molar-refractivity contribution in [2.24, 2.45) is 5.73 Å². The molecule has 0 bridgehead atoms. The van der Waals surface area contributed by atoms with Gasteiger partial charge in [-0.2, -0.15) is 0 Å². The minimum atomic E-state index is 0.387. The van der Waals surface area contributed by atoms with E-state index in [2.05, 4.69) is 0 Å². The molecule has 0 aliphatic carbocycles. The molecule has 0 aliphatic rings. The van der Waals surface area contributed by atoms with Crippen molar-refractivity contribution in [3.63, 3.8) is 0 Å². The maximum atomic E-state index is 5.77. The van der Waals surface area contributed by atoms with Crippen LogP contribution >= 0.6 is 23.2 Å². The highest BCUT2D eigenvalue weighted by Gasteiger charge is 2.00. The van der Waals surface area contributed by atoms with E-state index in [4.69, 9.17) is 28.9 Å². The largest absolute Gasteiger partial charge is 0.326 e. The van der Waals surface area contributed by atoms with Crippen molar-refractivity contribution in [1.29, 1.82) is 0 Å². The first-order valence-electron chi connectivity index (χ1n) is 4.88. The highest BCUT2D eigenvalue weighted by molar-refractivity contribution is 6.35. The zero-order chi connectivity index (χ0) is 11.6. The van der Waals surface area contributed by atoms with E-state index < -0.39 is 0 Å². The van der Waals surface area contributed by atoms with Gasteiger partial charge in [-0.3, -0.25) is 0 Å². The Labute approximate surface area is 97.2 Å². The molecular formula is C11H19Cl2N. The summed E-state index contributed by atoms with van der Waals surface area (Å²) in [5, 5.41) is 1.27. The molecule has 0 atom stereocenters. The van der Waals surface area contributed by atoms with Gasteiger partial charge in [0.05, 0.1) is 0 Å². The van der Waals surface area contributed by atoms with Gasteiger partial charge in [-0.1, -0.05) is 57.0 Å². The van der Waals surface area contributed by atoms with Crippen LogP contribution < -0.4 is 5.73 Å². The molecule has 0 spiro atoms. The molecule has 1 aromatic rings. The summed E-state index contributed by atoms with van der Waals surface area (Å²) in [4.78, 5) is 0. The van der Waals surface area contributed by atoms with E-state index in [1.165, 1.54) is 0 Å². The average molecular weight is 236 g/mol. The lowest BCUT2D eigenvalue weighted by atomic mass is 10.2. The van der Waals surface area contributed by atoms with Crippen molar-refractivity contribution >= 4 is 23.2 Å². The van der Waals surface area contributed by atoms with Crippen molar-refractivity contribution in [2.45, 2.75) is 34.2 Å². The van der Waals surface area contributed by atoms with Crippen molar-refractivity contribution in [3.8, 4) is 0 Å². The van der Waals surface area contributed by atoms with Crippen LogP contribution in [0.25, 0.3) is 0 Å². The SMILES string of the molecule is CC.CC.NCc1c(Cl)cccc1Cl. The van der Waals surface area contributed by atoms with Gasteiger partial charge in [0, 0.05) is 22.2 Å². The molecule has 0 aromatic heterocycles. The lowest BCUT2D eigenvalue weighted by molar-refractivity contribution is 1.07. The third-order valence-electron chi connectivity index (χ3n) is 1.27. The Bertz CT molecular complexity index is 216. The van der Waals surface area contributed by atoms with E-state index >= 15 is 0 Å². The molecule has 1 aromatic carbocycles. The summed E-state index contributed by atoms with van der Waals surface area (Å²) in [5.74, 6) is 0. The van der Waals surface area contributed by atoms with Crippen molar-refractivity contribution in [1.82, 2.24) is 0 Å². The zero-order valence-electron chi connectivity index (χ0n) is 9.27. The van der Waals surface area contributed by atoms with Gasteiger partial charge in [0.15, 0.2) is 0 Å². The van der Waals surface area contributed by atoms with E-state index in [0.29, 0.717) is 16.6 Å². The van der Waals surface area contributed by atoms with E-state index in [9.17, 15) is 0 Å². The summed E-state index contributed by atoms with van der Waals surface area (Å²) in [6.07, 6.45) is 0. The predicted octanol–water partition coefficient (Wildman–Crippen LogP) is 4.50. The van der Waals surface area contributed by atoms with Gasteiger partial charge >= 0.3 is 0 Å². The molecule has 0 radical (unpaired) electrons. The number of hydrogen-bond donors (Lipinski definition) is 1. The van der Waals surface area contributed by atoms with Gasteiger partial charge in [0.25, 0.3) is 0 Å². The summed E-state index contributed by atoms with van der Waals surface area (Å²) in [6, 6.07) is 5.34. The Morgan fingerprint density at radius 1 is 1.00 bits per heavy atom. The van der Waals surface area contributed by atoms with Crippen LogP contribution in [0.4, 0.5) is 0 Å². The topological polar surface area (TPSA) is 26.0 Å². The van der Waals surface area contributed by atoms with Crippen molar-refractivity contribution in [3.05, 3.63) is 33.8 Å². The fourth-order valence-electron chi connectivity index (χ4n) is 0.727. The number of halogens is 2. The molecule has 0 aliphatic heterocycles. The van der Waals surface area contributed by atoms with E-state index in [0.717, 1.165) is 5.56 Å². The van der Waals surface area contributed by atoms with Crippen LogP contribution in [0.1, 0.15) is 33.3 Å². The average Bonchev–Trinajstić information content (AvgIpc) is 2.24. The Hall–Kier alpha value is -0.240. The molecule has 0 saturated heterocycles. The fourth-order valence-corrected chi connectivity index (χ4v) is 1.28. The van der Waals surface area contributed by atoms with Gasteiger partial charge in [-0.15, -0.1) is 0 Å². The lowest BCUT2D eigenvalue weighted by Crippen LogP contribution is -1.97. The van der Waals surface area contributed by atoms with Crippen LogP contribution in [-0.2, 0) is 6.54 Å². The number of rotatable bonds is 1. The van der Waals surface area contributed by atoms with Crippen LogP contribution in [-0.4, -0.2) is 0 Å². The molecule has 2 N–H and O–H groups in total. The van der Waals surface area contributed by atoms with Gasteiger partial charge in [-0.05, 0) is 12.1 Å².